The molecule has 0 aliphatic heterocycles. The first kappa shape index (κ1) is 17.2. The van der Waals surface area contributed by atoms with E-state index < -0.39 is 0 Å². The highest BCUT2D eigenvalue weighted by atomic mass is 16.5. The summed E-state index contributed by atoms with van der Waals surface area (Å²) in [7, 11) is 0. The minimum absolute atomic E-state index is 0.310. The number of quaternary nitrogens is 1. The van der Waals surface area contributed by atoms with E-state index in [1.54, 1.807) is 0 Å². The number of rotatable bonds is 7. The standard InChI is InChI=1S/C18H35NO2/c1-13(2)17-9-8-14(3)10-18(17)21-12-16(20)11-19-15-6-4-5-7-15/h13-20H,4-12H2,1-3H3/p+1/t14-,16-,17+,18-/m1/s1. The van der Waals surface area contributed by atoms with E-state index in [1.807, 2.05) is 0 Å². The van der Waals surface area contributed by atoms with Crippen molar-refractivity contribution in [2.75, 3.05) is 13.2 Å². The fourth-order valence-corrected chi connectivity index (χ4v) is 4.15. The molecule has 2 aliphatic carbocycles. The van der Waals surface area contributed by atoms with E-state index in [2.05, 4.69) is 26.1 Å². The molecule has 0 aromatic rings. The highest BCUT2D eigenvalue weighted by molar-refractivity contribution is 4.81. The van der Waals surface area contributed by atoms with Crippen molar-refractivity contribution in [3.05, 3.63) is 0 Å². The molecule has 3 heteroatoms. The van der Waals surface area contributed by atoms with Gasteiger partial charge in [0.25, 0.3) is 0 Å². The van der Waals surface area contributed by atoms with Gasteiger partial charge >= 0.3 is 0 Å². The first-order valence-electron chi connectivity index (χ1n) is 9.19. The van der Waals surface area contributed by atoms with Gasteiger partial charge in [0.1, 0.15) is 12.6 Å². The largest absolute Gasteiger partial charge is 0.385 e. The number of hydrogen-bond acceptors (Lipinski definition) is 2. The van der Waals surface area contributed by atoms with Crippen LogP contribution in [-0.4, -0.2) is 36.5 Å². The topological polar surface area (TPSA) is 46.1 Å². The lowest BCUT2D eigenvalue weighted by molar-refractivity contribution is -0.693. The van der Waals surface area contributed by atoms with Gasteiger partial charge in [-0.25, -0.2) is 0 Å². The summed E-state index contributed by atoms with van der Waals surface area (Å²) in [6, 6.07) is 0.748. The predicted octanol–water partition coefficient (Wildman–Crippen LogP) is 2.33. The fraction of sp³-hybridized carbons (Fsp3) is 1.00. The summed E-state index contributed by atoms with van der Waals surface area (Å²) in [6.45, 7) is 8.27. The Balaban J connectivity index is 1.69. The van der Waals surface area contributed by atoms with Crippen molar-refractivity contribution >= 4 is 0 Å². The molecule has 0 aromatic heterocycles. The van der Waals surface area contributed by atoms with Gasteiger partial charge in [-0.2, -0.15) is 0 Å². The van der Waals surface area contributed by atoms with Crippen LogP contribution in [0.5, 0.6) is 0 Å². The third-order valence-corrected chi connectivity index (χ3v) is 5.61. The van der Waals surface area contributed by atoms with Gasteiger partial charge in [0.05, 0.1) is 18.8 Å². The second-order valence-electron chi connectivity index (χ2n) is 7.87. The van der Waals surface area contributed by atoms with Crippen molar-refractivity contribution in [3.8, 4) is 0 Å². The molecule has 3 N–H and O–H groups in total. The Hall–Kier alpha value is -0.120. The van der Waals surface area contributed by atoms with Gasteiger partial charge < -0.3 is 15.2 Å². The van der Waals surface area contributed by atoms with Gasteiger partial charge in [-0.3, -0.25) is 0 Å². The molecule has 2 fully saturated rings. The lowest BCUT2D eigenvalue weighted by Gasteiger charge is -2.37. The molecule has 0 unspecified atom stereocenters. The van der Waals surface area contributed by atoms with Gasteiger partial charge in [-0.1, -0.05) is 27.2 Å². The smallest absolute Gasteiger partial charge is 0.126 e. The van der Waals surface area contributed by atoms with Crippen molar-refractivity contribution in [2.45, 2.75) is 84.0 Å². The van der Waals surface area contributed by atoms with E-state index in [0.717, 1.165) is 18.5 Å². The molecule has 2 rings (SSSR count). The molecule has 3 nitrogen and oxygen atoms in total. The molecule has 0 heterocycles. The van der Waals surface area contributed by atoms with Crippen LogP contribution < -0.4 is 5.32 Å². The van der Waals surface area contributed by atoms with E-state index in [0.29, 0.717) is 24.5 Å². The van der Waals surface area contributed by atoms with Crippen LogP contribution in [0.1, 0.15) is 65.7 Å². The zero-order valence-electron chi connectivity index (χ0n) is 14.3. The second-order valence-corrected chi connectivity index (χ2v) is 7.87. The molecule has 0 amide bonds. The van der Waals surface area contributed by atoms with E-state index in [4.69, 9.17) is 4.74 Å². The zero-order chi connectivity index (χ0) is 15.2. The highest BCUT2D eigenvalue weighted by Crippen LogP contribution is 2.35. The van der Waals surface area contributed by atoms with Crippen molar-refractivity contribution in [1.82, 2.24) is 0 Å². The van der Waals surface area contributed by atoms with Crippen molar-refractivity contribution in [3.63, 3.8) is 0 Å². The maximum Gasteiger partial charge on any atom is 0.126 e. The van der Waals surface area contributed by atoms with Crippen LogP contribution in [0, 0.1) is 17.8 Å². The van der Waals surface area contributed by atoms with Crippen LogP contribution in [-0.2, 0) is 4.74 Å². The first-order valence-corrected chi connectivity index (χ1v) is 9.19. The lowest BCUT2D eigenvalue weighted by Crippen LogP contribution is -2.91. The molecular weight excluding hydrogens is 262 g/mol. The minimum atomic E-state index is -0.310. The number of ether oxygens (including phenoxy) is 1. The fourth-order valence-electron chi connectivity index (χ4n) is 4.15. The second kappa shape index (κ2) is 8.50. The number of aliphatic hydroxyl groups is 1. The molecule has 124 valence electrons. The molecule has 2 aliphatic rings. The molecule has 4 atom stereocenters. The van der Waals surface area contributed by atoms with Crippen LogP contribution in [0.25, 0.3) is 0 Å². The van der Waals surface area contributed by atoms with Crippen molar-refractivity contribution < 1.29 is 15.2 Å². The van der Waals surface area contributed by atoms with E-state index >= 15 is 0 Å². The number of hydrogen-bond donors (Lipinski definition) is 2. The van der Waals surface area contributed by atoms with Crippen molar-refractivity contribution in [1.29, 1.82) is 0 Å². The average Bonchev–Trinajstić information content (AvgIpc) is 2.96. The summed E-state index contributed by atoms with van der Waals surface area (Å²) < 4.78 is 6.13. The molecule has 0 bridgehead atoms. The van der Waals surface area contributed by atoms with E-state index in [-0.39, 0.29) is 6.10 Å². The Morgan fingerprint density at radius 3 is 2.52 bits per heavy atom. The van der Waals surface area contributed by atoms with Crippen molar-refractivity contribution in [2.24, 2.45) is 17.8 Å². The molecule has 0 spiro atoms. The lowest BCUT2D eigenvalue weighted by atomic mass is 9.75. The summed E-state index contributed by atoms with van der Waals surface area (Å²) in [6.07, 6.45) is 9.21. The molecule has 0 radical (unpaired) electrons. The Kier molecular flexibility index (Phi) is 6.97. The monoisotopic (exact) mass is 298 g/mol. The number of nitrogens with two attached hydrogens (primary N) is 1. The summed E-state index contributed by atoms with van der Waals surface area (Å²) in [5, 5.41) is 12.5. The SMILES string of the molecule is CC(C)[C@@H]1CC[C@@H](C)C[C@H]1OC[C@H](O)C[NH2+]C1CCCC1. The van der Waals surface area contributed by atoms with Gasteiger partial charge in [-0.15, -0.1) is 0 Å². The zero-order valence-corrected chi connectivity index (χ0v) is 14.3. The molecule has 21 heavy (non-hydrogen) atoms. The average molecular weight is 298 g/mol. The van der Waals surface area contributed by atoms with Gasteiger partial charge in [0.2, 0.25) is 0 Å². The van der Waals surface area contributed by atoms with E-state index in [1.165, 1.54) is 44.9 Å². The maximum atomic E-state index is 10.2. The van der Waals surface area contributed by atoms with Gasteiger partial charge in [0.15, 0.2) is 0 Å². The Bertz CT molecular complexity index is 289. The highest BCUT2D eigenvalue weighted by Gasteiger charge is 2.32. The normalized spacial score (nSPS) is 32.7. The van der Waals surface area contributed by atoms with Crippen LogP contribution >= 0.6 is 0 Å². The molecule has 0 saturated heterocycles. The van der Waals surface area contributed by atoms with Crippen LogP contribution in [0.15, 0.2) is 0 Å². The summed E-state index contributed by atoms with van der Waals surface area (Å²) in [5.74, 6) is 2.13. The summed E-state index contributed by atoms with van der Waals surface area (Å²) in [4.78, 5) is 0. The maximum absolute atomic E-state index is 10.2. The van der Waals surface area contributed by atoms with Gasteiger partial charge in [0, 0.05) is 0 Å². The van der Waals surface area contributed by atoms with Gasteiger partial charge in [-0.05, 0) is 56.3 Å². The third-order valence-electron chi connectivity index (χ3n) is 5.61. The van der Waals surface area contributed by atoms with Crippen LogP contribution in [0.3, 0.4) is 0 Å². The quantitative estimate of drug-likeness (QED) is 0.758. The summed E-state index contributed by atoms with van der Waals surface area (Å²) in [5.41, 5.74) is 0. The number of aliphatic hydroxyl groups excluding tert-OH is 1. The predicted molar refractivity (Wildman–Crippen MR) is 86.1 cm³/mol. The minimum Gasteiger partial charge on any atom is -0.385 e. The van der Waals surface area contributed by atoms with Crippen LogP contribution in [0.2, 0.25) is 0 Å². The summed E-state index contributed by atoms with van der Waals surface area (Å²) >= 11 is 0. The van der Waals surface area contributed by atoms with Crippen LogP contribution in [0.4, 0.5) is 0 Å². The Labute approximate surface area is 130 Å². The third kappa shape index (κ3) is 5.54. The first-order chi connectivity index (χ1) is 10.1. The Morgan fingerprint density at radius 2 is 1.86 bits per heavy atom. The molecular formula is C18H36NO2+. The molecule has 0 aromatic carbocycles. The van der Waals surface area contributed by atoms with E-state index in [9.17, 15) is 5.11 Å². The Morgan fingerprint density at radius 1 is 1.14 bits per heavy atom. The molecule has 2 saturated carbocycles.